The van der Waals surface area contributed by atoms with E-state index in [0.29, 0.717) is 17.9 Å². The van der Waals surface area contributed by atoms with Gasteiger partial charge in [-0.1, -0.05) is 51.2 Å². The van der Waals surface area contributed by atoms with Gasteiger partial charge in [0.15, 0.2) is 0 Å². The summed E-state index contributed by atoms with van der Waals surface area (Å²) >= 11 is 0. The second-order valence-corrected chi connectivity index (χ2v) is 7.89. The zero-order chi connectivity index (χ0) is 20.5. The normalized spacial score (nSPS) is 15.4. The van der Waals surface area contributed by atoms with Gasteiger partial charge in [0.25, 0.3) is 0 Å². The molecule has 4 heteroatoms. The van der Waals surface area contributed by atoms with Crippen LogP contribution in [0.4, 0.5) is 4.39 Å². The summed E-state index contributed by atoms with van der Waals surface area (Å²) in [4.78, 5) is 14.6. The standard InChI is InChI=1S/C25H32FNO2/c1-2-3-4-5-6-9-24(27-19-8-7-10-25(27)28)20-11-15-22(16-12-20)29-23-17-13-21(26)14-18-23/h11-18,24H,2-10,19H2,1H3. The number of ether oxygens (including phenoxy) is 1. The zero-order valence-corrected chi connectivity index (χ0v) is 17.4. The fourth-order valence-corrected chi connectivity index (χ4v) is 4.00. The van der Waals surface area contributed by atoms with Gasteiger partial charge < -0.3 is 9.64 Å². The molecule has 0 aliphatic carbocycles. The summed E-state index contributed by atoms with van der Waals surface area (Å²) in [5, 5.41) is 0. The largest absolute Gasteiger partial charge is 0.457 e. The van der Waals surface area contributed by atoms with Crippen LogP contribution in [0.1, 0.15) is 76.3 Å². The van der Waals surface area contributed by atoms with Crippen molar-refractivity contribution < 1.29 is 13.9 Å². The number of carbonyl (C=O) groups is 1. The Balaban J connectivity index is 1.68. The van der Waals surface area contributed by atoms with Crippen LogP contribution in [0.15, 0.2) is 48.5 Å². The molecule has 0 spiro atoms. The van der Waals surface area contributed by atoms with E-state index in [1.807, 2.05) is 12.1 Å². The molecule has 1 fully saturated rings. The fourth-order valence-electron chi connectivity index (χ4n) is 4.00. The molecule has 1 amide bonds. The summed E-state index contributed by atoms with van der Waals surface area (Å²) in [6, 6.07) is 14.2. The van der Waals surface area contributed by atoms with E-state index in [2.05, 4.69) is 24.0 Å². The molecule has 3 nitrogen and oxygen atoms in total. The van der Waals surface area contributed by atoms with Gasteiger partial charge in [-0.05, 0) is 61.2 Å². The lowest BCUT2D eigenvalue weighted by molar-refractivity contribution is -0.136. The van der Waals surface area contributed by atoms with E-state index < -0.39 is 0 Å². The first-order valence-electron chi connectivity index (χ1n) is 11.0. The maximum atomic E-state index is 13.1. The molecule has 0 saturated carbocycles. The summed E-state index contributed by atoms with van der Waals surface area (Å²) in [6.45, 7) is 3.08. The molecule has 1 heterocycles. The summed E-state index contributed by atoms with van der Waals surface area (Å²) in [6.07, 6.45) is 9.91. The summed E-state index contributed by atoms with van der Waals surface area (Å²) in [7, 11) is 0. The highest BCUT2D eigenvalue weighted by Crippen LogP contribution is 2.32. The molecule has 0 bridgehead atoms. The van der Waals surface area contributed by atoms with E-state index in [-0.39, 0.29) is 17.8 Å². The van der Waals surface area contributed by atoms with Gasteiger partial charge in [-0.15, -0.1) is 0 Å². The molecule has 156 valence electrons. The Morgan fingerprint density at radius 1 is 0.931 bits per heavy atom. The average Bonchev–Trinajstić information content (AvgIpc) is 2.74. The second-order valence-electron chi connectivity index (χ2n) is 7.89. The topological polar surface area (TPSA) is 29.5 Å². The Labute approximate surface area is 173 Å². The number of piperidine rings is 1. The third-order valence-corrected chi connectivity index (χ3v) is 5.63. The number of likely N-dealkylation sites (tertiary alicyclic amines) is 1. The van der Waals surface area contributed by atoms with Crippen molar-refractivity contribution in [3.05, 3.63) is 59.9 Å². The fraction of sp³-hybridized carbons (Fsp3) is 0.480. The number of hydrogen-bond acceptors (Lipinski definition) is 2. The van der Waals surface area contributed by atoms with E-state index in [1.54, 1.807) is 12.1 Å². The number of nitrogens with zero attached hydrogens (tertiary/aromatic N) is 1. The number of carbonyl (C=O) groups excluding carboxylic acids is 1. The Kier molecular flexibility index (Phi) is 8.09. The van der Waals surface area contributed by atoms with Crippen molar-refractivity contribution in [3.8, 4) is 11.5 Å². The molecule has 0 radical (unpaired) electrons. The Morgan fingerprint density at radius 2 is 1.59 bits per heavy atom. The van der Waals surface area contributed by atoms with Crippen molar-refractivity contribution in [1.29, 1.82) is 0 Å². The predicted molar refractivity (Wildman–Crippen MR) is 115 cm³/mol. The Morgan fingerprint density at radius 3 is 2.24 bits per heavy atom. The van der Waals surface area contributed by atoms with Crippen LogP contribution in [-0.4, -0.2) is 17.4 Å². The highest BCUT2D eigenvalue weighted by Gasteiger charge is 2.27. The number of unbranched alkanes of at least 4 members (excludes halogenated alkanes) is 4. The molecule has 29 heavy (non-hydrogen) atoms. The molecule has 1 saturated heterocycles. The van der Waals surface area contributed by atoms with Crippen LogP contribution in [0, 0.1) is 5.82 Å². The van der Waals surface area contributed by atoms with Gasteiger partial charge in [-0.3, -0.25) is 4.79 Å². The third-order valence-electron chi connectivity index (χ3n) is 5.63. The summed E-state index contributed by atoms with van der Waals surface area (Å²) in [5.41, 5.74) is 1.17. The monoisotopic (exact) mass is 397 g/mol. The SMILES string of the molecule is CCCCCCCC(c1ccc(Oc2ccc(F)cc2)cc1)N1CCCCC1=O. The third kappa shape index (κ3) is 6.31. The number of rotatable bonds is 10. The van der Waals surface area contributed by atoms with E-state index >= 15 is 0 Å². The highest BCUT2D eigenvalue weighted by molar-refractivity contribution is 5.77. The van der Waals surface area contributed by atoms with Crippen LogP contribution in [-0.2, 0) is 4.79 Å². The molecule has 0 N–H and O–H groups in total. The first-order valence-corrected chi connectivity index (χ1v) is 11.0. The molecular formula is C25H32FNO2. The lowest BCUT2D eigenvalue weighted by Crippen LogP contribution is -2.38. The molecule has 0 aromatic heterocycles. The van der Waals surface area contributed by atoms with Crippen molar-refractivity contribution in [1.82, 2.24) is 4.90 Å². The zero-order valence-electron chi connectivity index (χ0n) is 17.4. The number of benzene rings is 2. The quantitative estimate of drug-likeness (QED) is 0.403. The molecule has 2 aromatic rings. The van der Waals surface area contributed by atoms with Gasteiger partial charge in [0.1, 0.15) is 17.3 Å². The first-order chi connectivity index (χ1) is 14.2. The molecular weight excluding hydrogens is 365 g/mol. The van der Waals surface area contributed by atoms with Crippen LogP contribution in [0.25, 0.3) is 0 Å². The molecule has 1 atom stereocenters. The minimum atomic E-state index is -0.277. The van der Waals surface area contributed by atoms with Gasteiger partial charge in [-0.25, -0.2) is 4.39 Å². The Bertz CT molecular complexity index is 757. The van der Waals surface area contributed by atoms with Gasteiger partial charge in [0, 0.05) is 13.0 Å². The lowest BCUT2D eigenvalue weighted by Gasteiger charge is -2.35. The predicted octanol–water partition coefficient (Wildman–Crippen LogP) is 7.03. The number of hydrogen-bond donors (Lipinski definition) is 0. The van der Waals surface area contributed by atoms with E-state index in [1.165, 1.54) is 43.4 Å². The smallest absolute Gasteiger partial charge is 0.223 e. The number of amides is 1. The second kappa shape index (κ2) is 11.0. The van der Waals surface area contributed by atoms with E-state index in [0.717, 1.165) is 32.2 Å². The average molecular weight is 398 g/mol. The van der Waals surface area contributed by atoms with Crippen molar-refractivity contribution >= 4 is 5.91 Å². The van der Waals surface area contributed by atoms with Crippen molar-refractivity contribution in [2.45, 2.75) is 70.8 Å². The van der Waals surface area contributed by atoms with Gasteiger partial charge in [-0.2, -0.15) is 0 Å². The van der Waals surface area contributed by atoms with Gasteiger partial charge in [0.2, 0.25) is 5.91 Å². The first kappa shape index (κ1) is 21.4. The molecule has 1 aliphatic heterocycles. The Hall–Kier alpha value is -2.36. The molecule has 1 aliphatic rings. The van der Waals surface area contributed by atoms with Crippen molar-refractivity contribution in [2.24, 2.45) is 0 Å². The van der Waals surface area contributed by atoms with Crippen molar-refractivity contribution in [2.75, 3.05) is 6.54 Å². The highest BCUT2D eigenvalue weighted by atomic mass is 19.1. The maximum absolute atomic E-state index is 13.1. The van der Waals surface area contributed by atoms with Crippen LogP contribution in [0.2, 0.25) is 0 Å². The van der Waals surface area contributed by atoms with Crippen LogP contribution < -0.4 is 4.74 Å². The van der Waals surface area contributed by atoms with Crippen LogP contribution >= 0.6 is 0 Å². The molecule has 3 rings (SSSR count). The maximum Gasteiger partial charge on any atom is 0.223 e. The van der Waals surface area contributed by atoms with Crippen LogP contribution in [0.5, 0.6) is 11.5 Å². The lowest BCUT2D eigenvalue weighted by atomic mass is 9.95. The summed E-state index contributed by atoms with van der Waals surface area (Å²) in [5.74, 6) is 1.33. The van der Waals surface area contributed by atoms with Gasteiger partial charge >= 0.3 is 0 Å². The van der Waals surface area contributed by atoms with Crippen molar-refractivity contribution in [3.63, 3.8) is 0 Å². The van der Waals surface area contributed by atoms with Crippen LogP contribution in [0.3, 0.4) is 0 Å². The minimum Gasteiger partial charge on any atom is -0.457 e. The summed E-state index contributed by atoms with van der Waals surface area (Å²) < 4.78 is 18.9. The molecule has 1 unspecified atom stereocenters. The minimum absolute atomic E-state index is 0.143. The van der Waals surface area contributed by atoms with E-state index in [4.69, 9.17) is 4.74 Å². The molecule has 2 aromatic carbocycles. The van der Waals surface area contributed by atoms with Gasteiger partial charge in [0.05, 0.1) is 6.04 Å². The van der Waals surface area contributed by atoms with E-state index in [9.17, 15) is 9.18 Å². The number of halogens is 1.